The molecule has 0 bridgehead atoms. The number of hydrogen-bond donors (Lipinski definition) is 0. The molecule has 96 valence electrons. The van der Waals surface area contributed by atoms with E-state index < -0.39 is 0 Å². The molecule has 19 heavy (non-hydrogen) atoms. The quantitative estimate of drug-likeness (QED) is 0.734. The fourth-order valence-corrected chi connectivity index (χ4v) is 3.91. The molecule has 0 N–H and O–H groups in total. The van der Waals surface area contributed by atoms with Crippen molar-refractivity contribution in [2.75, 3.05) is 0 Å². The first-order chi connectivity index (χ1) is 9.25. The van der Waals surface area contributed by atoms with Crippen molar-refractivity contribution in [3.63, 3.8) is 0 Å². The van der Waals surface area contributed by atoms with Crippen LogP contribution in [0.4, 0.5) is 0 Å². The van der Waals surface area contributed by atoms with Gasteiger partial charge < -0.3 is 0 Å². The van der Waals surface area contributed by atoms with Crippen LogP contribution in [0.5, 0.6) is 0 Å². The predicted molar refractivity (Wildman–Crippen MR) is 85.2 cm³/mol. The van der Waals surface area contributed by atoms with Crippen molar-refractivity contribution in [1.82, 2.24) is 0 Å². The molecule has 0 unspecified atom stereocenters. The number of aryl methyl sites for hydroxylation is 1. The molecule has 1 aliphatic rings. The Hall–Kier alpha value is -1.47. The van der Waals surface area contributed by atoms with Crippen LogP contribution < -0.4 is 0 Å². The average Bonchev–Trinajstić information content (AvgIpc) is 2.74. The van der Waals surface area contributed by atoms with E-state index >= 15 is 0 Å². The second kappa shape index (κ2) is 5.26. The minimum atomic E-state index is 1.06. The van der Waals surface area contributed by atoms with Gasteiger partial charge in [-0.05, 0) is 42.5 Å². The van der Waals surface area contributed by atoms with E-state index in [1.165, 1.54) is 32.7 Å². The van der Waals surface area contributed by atoms with Gasteiger partial charge >= 0.3 is 0 Å². The third kappa shape index (κ3) is 2.48. The van der Waals surface area contributed by atoms with Crippen molar-refractivity contribution in [2.24, 2.45) is 0 Å². The summed E-state index contributed by atoms with van der Waals surface area (Å²) < 4.78 is 0. The smallest absolute Gasteiger partial charge is 0.0234 e. The van der Waals surface area contributed by atoms with E-state index in [1.54, 1.807) is 0 Å². The summed E-state index contributed by atoms with van der Waals surface area (Å²) in [6.45, 7) is 4.46. The van der Waals surface area contributed by atoms with Gasteiger partial charge in [-0.2, -0.15) is 0 Å². The van der Waals surface area contributed by atoms with E-state index in [9.17, 15) is 0 Å². The molecule has 0 aliphatic heterocycles. The fourth-order valence-electron chi connectivity index (χ4n) is 2.61. The molecule has 0 nitrogen and oxygen atoms in total. The minimum absolute atomic E-state index is 1.06. The number of benzene rings is 2. The number of rotatable bonds is 3. The molecule has 3 rings (SSSR count). The van der Waals surface area contributed by atoms with E-state index in [0.29, 0.717) is 0 Å². The molecule has 0 spiro atoms. The Labute approximate surface area is 119 Å². The maximum atomic E-state index is 2.26. The molecule has 0 fully saturated rings. The van der Waals surface area contributed by atoms with Gasteiger partial charge in [0.25, 0.3) is 0 Å². The summed E-state index contributed by atoms with van der Waals surface area (Å²) in [5.74, 6) is 1.06. The Balaban J connectivity index is 1.81. The Kier molecular flexibility index (Phi) is 3.48. The van der Waals surface area contributed by atoms with Crippen LogP contribution in [0.15, 0.2) is 54.1 Å². The lowest BCUT2D eigenvalue weighted by atomic mass is 10.1. The van der Waals surface area contributed by atoms with Gasteiger partial charge in [-0.15, -0.1) is 11.8 Å². The first-order valence-electron chi connectivity index (χ1n) is 6.71. The molecule has 0 aromatic heterocycles. The van der Waals surface area contributed by atoms with E-state index in [-0.39, 0.29) is 0 Å². The standard InChI is InChI=1S/C18H18S/c1-13-7-3-4-9-16(13)12-19-18-14(2)11-15-8-5-6-10-17(15)18/h3-10H,11-12H2,1-2H3. The molecule has 2 aromatic rings. The zero-order valence-electron chi connectivity index (χ0n) is 11.4. The van der Waals surface area contributed by atoms with Crippen LogP contribution in [0.2, 0.25) is 0 Å². The van der Waals surface area contributed by atoms with Crippen LogP contribution in [-0.2, 0) is 12.2 Å². The SMILES string of the molecule is CC1=C(SCc2ccccc2C)c2ccccc2C1. The van der Waals surface area contributed by atoms with Crippen molar-refractivity contribution >= 4 is 16.7 Å². The molecule has 0 heterocycles. The van der Waals surface area contributed by atoms with Gasteiger partial charge in [0.2, 0.25) is 0 Å². The summed E-state index contributed by atoms with van der Waals surface area (Å²) in [5.41, 5.74) is 7.27. The molecule has 0 saturated carbocycles. The molecule has 0 radical (unpaired) electrons. The first kappa shape index (κ1) is 12.6. The third-order valence-corrected chi connectivity index (χ3v) is 5.05. The van der Waals surface area contributed by atoms with E-state index in [4.69, 9.17) is 0 Å². The lowest BCUT2D eigenvalue weighted by Crippen LogP contribution is -1.86. The van der Waals surface area contributed by atoms with Crippen molar-refractivity contribution in [1.29, 1.82) is 0 Å². The Morgan fingerprint density at radius 3 is 2.53 bits per heavy atom. The molecular formula is C18H18S. The van der Waals surface area contributed by atoms with Gasteiger partial charge in [-0.25, -0.2) is 0 Å². The van der Waals surface area contributed by atoms with Crippen molar-refractivity contribution < 1.29 is 0 Å². The van der Waals surface area contributed by atoms with E-state index in [0.717, 1.165) is 12.2 Å². The summed E-state index contributed by atoms with van der Waals surface area (Å²) in [6.07, 6.45) is 1.12. The number of thioether (sulfide) groups is 1. The Bertz CT molecular complexity index is 638. The van der Waals surface area contributed by atoms with Gasteiger partial charge in [0.1, 0.15) is 0 Å². The topological polar surface area (TPSA) is 0 Å². The van der Waals surface area contributed by atoms with Crippen LogP contribution >= 0.6 is 11.8 Å². The van der Waals surface area contributed by atoms with Gasteiger partial charge in [-0.3, -0.25) is 0 Å². The van der Waals surface area contributed by atoms with Crippen LogP contribution in [0.3, 0.4) is 0 Å². The van der Waals surface area contributed by atoms with Crippen molar-refractivity contribution in [3.05, 3.63) is 76.4 Å². The summed E-state index contributed by atoms with van der Waals surface area (Å²) >= 11 is 1.98. The highest BCUT2D eigenvalue weighted by Crippen LogP contribution is 2.41. The highest BCUT2D eigenvalue weighted by Gasteiger charge is 2.18. The number of fused-ring (bicyclic) bond motifs is 1. The lowest BCUT2D eigenvalue weighted by Gasteiger charge is -2.08. The molecule has 2 aromatic carbocycles. The summed E-state index contributed by atoms with van der Waals surface area (Å²) in [6, 6.07) is 17.5. The third-order valence-electron chi connectivity index (χ3n) is 3.74. The highest BCUT2D eigenvalue weighted by atomic mass is 32.2. The largest absolute Gasteiger partial charge is 0.121 e. The molecule has 1 heteroatoms. The Morgan fingerprint density at radius 1 is 0.947 bits per heavy atom. The van der Waals surface area contributed by atoms with E-state index in [1.807, 2.05) is 11.8 Å². The maximum absolute atomic E-state index is 2.26. The van der Waals surface area contributed by atoms with Gasteiger partial charge in [-0.1, -0.05) is 54.1 Å². The van der Waals surface area contributed by atoms with E-state index in [2.05, 4.69) is 62.4 Å². The molecule has 0 amide bonds. The second-order valence-electron chi connectivity index (χ2n) is 5.16. The van der Waals surface area contributed by atoms with Gasteiger partial charge in [0.15, 0.2) is 0 Å². The summed E-state index contributed by atoms with van der Waals surface area (Å²) in [5, 5.41) is 0. The Morgan fingerprint density at radius 2 is 1.68 bits per heavy atom. The van der Waals surface area contributed by atoms with Gasteiger partial charge in [0.05, 0.1) is 0 Å². The van der Waals surface area contributed by atoms with Crippen LogP contribution in [0.1, 0.15) is 29.2 Å². The fraction of sp³-hybridized carbons (Fsp3) is 0.222. The summed E-state index contributed by atoms with van der Waals surface area (Å²) in [7, 11) is 0. The minimum Gasteiger partial charge on any atom is -0.121 e. The molecule has 0 saturated heterocycles. The number of hydrogen-bond acceptors (Lipinski definition) is 1. The molecular weight excluding hydrogens is 248 g/mol. The van der Waals surface area contributed by atoms with Crippen molar-refractivity contribution in [3.8, 4) is 0 Å². The van der Waals surface area contributed by atoms with Crippen LogP contribution in [0.25, 0.3) is 4.91 Å². The highest BCUT2D eigenvalue weighted by molar-refractivity contribution is 8.07. The second-order valence-corrected chi connectivity index (χ2v) is 6.14. The average molecular weight is 266 g/mol. The van der Waals surface area contributed by atoms with Crippen LogP contribution in [-0.4, -0.2) is 0 Å². The first-order valence-corrected chi connectivity index (χ1v) is 7.69. The summed E-state index contributed by atoms with van der Waals surface area (Å²) in [4.78, 5) is 1.49. The van der Waals surface area contributed by atoms with Crippen molar-refractivity contribution in [2.45, 2.75) is 26.0 Å². The number of allylic oxidation sites excluding steroid dienone is 1. The molecule has 1 aliphatic carbocycles. The van der Waals surface area contributed by atoms with Crippen LogP contribution in [0, 0.1) is 6.92 Å². The lowest BCUT2D eigenvalue weighted by molar-refractivity contribution is 1.19. The maximum Gasteiger partial charge on any atom is 0.0234 e. The van der Waals surface area contributed by atoms with Gasteiger partial charge in [0, 0.05) is 10.7 Å². The normalized spacial score (nSPS) is 13.8. The monoisotopic (exact) mass is 266 g/mol. The zero-order valence-corrected chi connectivity index (χ0v) is 12.3. The predicted octanol–water partition coefficient (Wildman–Crippen LogP) is 5.22. The zero-order chi connectivity index (χ0) is 13.2. The molecule has 0 atom stereocenters.